The molecule has 1 aromatic rings. The van der Waals surface area contributed by atoms with Crippen LogP contribution >= 0.6 is 23.2 Å². The van der Waals surface area contributed by atoms with Crippen molar-refractivity contribution in [3.63, 3.8) is 0 Å². The summed E-state index contributed by atoms with van der Waals surface area (Å²) in [6, 6.07) is 5.32. The topological polar surface area (TPSA) is 21.7 Å². The van der Waals surface area contributed by atoms with Crippen LogP contribution in [0.3, 0.4) is 0 Å². The van der Waals surface area contributed by atoms with Gasteiger partial charge in [0.1, 0.15) is 12.4 Å². The maximum Gasteiger partial charge on any atom is 0.120 e. The smallest absolute Gasteiger partial charge is 0.120 e. The standard InChI is InChI=1S/C14H19Cl2NO2/c1-10-8-17(9-11(2)19-10)5-6-18-12-3-4-13(15)14(16)7-12/h3-4,7,10-11H,5-6,8-9H2,1-2H3/t10-,11+. The molecule has 1 fully saturated rings. The zero-order chi connectivity index (χ0) is 13.8. The highest BCUT2D eigenvalue weighted by molar-refractivity contribution is 6.42. The number of ether oxygens (including phenoxy) is 2. The van der Waals surface area contributed by atoms with E-state index in [0.717, 1.165) is 25.4 Å². The maximum absolute atomic E-state index is 5.94. The third-order valence-corrected chi connectivity index (χ3v) is 3.80. The molecule has 0 saturated carbocycles. The minimum absolute atomic E-state index is 0.286. The lowest BCUT2D eigenvalue weighted by Crippen LogP contribution is -2.46. The predicted molar refractivity (Wildman–Crippen MR) is 78.4 cm³/mol. The van der Waals surface area contributed by atoms with Crippen molar-refractivity contribution in [1.82, 2.24) is 4.90 Å². The van der Waals surface area contributed by atoms with Crippen LogP contribution in [0.1, 0.15) is 13.8 Å². The molecule has 5 heteroatoms. The minimum atomic E-state index is 0.286. The average Bonchev–Trinajstić information content (AvgIpc) is 2.32. The first kappa shape index (κ1) is 14.9. The zero-order valence-electron chi connectivity index (χ0n) is 11.2. The highest BCUT2D eigenvalue weighted by Crippen LogP contribution is 2.26. The molecule has 0 aliphatic carbocycles. The molecule has 1 aromatic carbocycles. The highest BCUT2D eigenvalue weighted by atomic mass is 35.5. The van der Waals surface area contributed by atoms with E-state index in [1.807, 2.05) is 6.07 Å². The second kappa shape index (κ2) is 6.80. The Morgan fingerprint density at radius 3 is 2.53 bits per heavy atom. The summed E-state index contributed by atoms with van der Waals surface area (Å²) in [6.07, 6.45) is 0.572. The van der Waals surface area contributed by atoms with E-state index >= 15 is 0 Å². The summed E-state index contributed by atoms with van der Waals surface area (Å²) in [4.78, 5) is 2.36. The first-order valence-corrected chi connectivity index (χ1v) is 7.26. The zero-order valence-corrected chi connectivity index (χ0v) is 12.7. The predicted octanol–water partition coefficient (Wildman–Crippen LogP) is 3.48. The van der Waals surface area contributed by atoms with Crippen molar-refractivity contribution in [1.29, 1.82) is 0 Å². The van der Waals surface area contributed by atoms with Gasteiger partial charge in [-0.3, -0.25) is 4.90 Å². The van der Waals surface area contributed by atoms with Crippen LogP contribution in [0.15, 0.2) is 18.2 Å². The summed E-state index contributed by atoms with van der Waals surface area (Å²) < 4.78 is 11.4. The molecule has 19 heavy (non-hydrogen) atoms. The van der Waals surface area contributed by atoms with Crippen LogP contribution in [0.5, 0.6) is 5.75 Å². The number of hydrogen-bond donors (Lipinski definition) is 0. The molecule has 0 unspecified atom stereocenters. The van der Waals surface area contributed by atoms with E-state index in [-0.39, 0.29) is 12.2 Å². The van der Waals surface area contributed by atoms with Gasteiger partial charge in [0.15, 0.2) is 0 Å². The van der Waals surface area contributed by atoms with Crippen LogP contribution in [0.25, 0.3) is 0 Å². The lowest BCUT2D eigenvalue weighted by atomic mass is 10.2. The molecule has 0 bridgehead atoms. The van der Waals surface area contributed by atoms with Gasteiger partial charge in [0.2, 0.25) is 0 Å². The molecule has 0 spiro atoms. The number of benzene rings is 1. The number of hydrogen-bond acceptors (Lipinski definition) is 3. The van der Waals surface area contributed by atoms with Gasteiger partial charge in [-0.05, 0) is 26.0 Å². The van der Waals surface area contributed by atoms with E-state index in [1.54, 1.807) is 12.1 Å². The molecule has 2 rings (SSSR count). The summed E-state index contributed by atoms with van der Waals surface area (Å²) in [6.45, 7) is 7.63. The van der Waals surface area contributed by atoms with Crippen molar-refractivity contribution in [2.24, 2.45) is 0 Å². The lowest BCUT2D eigenvalue weighted by molar-refractivity contribution is -0.0699. The van der Waals surface area contributed by atoms with Crippen molar-refractivity contribution >= 4 is 23.2 Å². The van der Waals surface area contributed by atoms with Crippen molar-refractivity contribution in [3.05, 3.63) is 28.2 Å². The van der Waals surface area contributed by atoms with E-state index in [2.05, 4.69) is 18.7 Å². The van der Waals surface area contributed by atoms with Gasteiger partial charge in [-0.25, -0.2) is 0 Å². The fourth-order valence-corrected chi connectivity index (χ4v) is 2.61. The van der Waals surface area contributed by atoms with Crippen LogP contribution in [-0.2, 0) is 4.74 Å². The van der Waals surface area contributed by atoms with E-state index in [1.165, 1.54) is 0 Å². The first-order chi connectivity index (χ1) is 9.04. The summed E-state index contributed by atoms with van der Waals surface area (Å²) in [5, 5.41) is 1.07. The number of halogens is 2. The molecule has 106 valence electrons. The molecule has 3 nitrogen and oxygen atoms in total. The molecular formula is C14H19Cl2NO2. The Morgan fingerprint density at radius 1 is 1.21 bits per heavy atom. The van der Waals surface area contributed by atoms with E-state index < -0.39 is 0 Å². The lowest BCUT2D eigenvalue weighted by Gasteiger charge is -2.35. The Balaban J connectivity index is 1.78. The molecule has 1 heterocycles. The van der Waals surface area contributed by atoms with Gasteiger partial charge in [-0.1, -0.05) is 23.2 Å². The molecule has 0 amide bonds. The number of morpholine rings is 1. The number of rotatable bonds is 4. The monoisotopic (exact) mass is 303 g/mol. The molecule has 1 saturated heterocycles. The third kappa shape index (κ3) is 4.53. The van der Waals surface area contributed by atoms with Crippen molar-refractivity contribution < 1.29 is 9.47 Å². The fourth-order valence-electron chi connectivity index (χ4n) is 2.33. The largest absolute Gasteiger partial charge is 0.492 e. The Labute approximate surface area is 124 Å². The van der Waals surface area contributed by atoms with Crippen molar-refractivity contribution in [2.45, 2.75) is 26.1 Å². The molecule has 2 atom stereocenters. The molecule has 1 aliphatic heterocycles. The molecule has 1 aliphatic rings. The molecule has 0 N–H and O–H groups in total. The third-order valence-electron chi connectivity index (χ3n) is 3.06. The van der Waals surface area contributed by atoms with Crippen molar-refractivity contribution in [2.75, 3.05) is 26.2 Å². The van der Waals surface area contributed by atoms with Gasteiger partial charge in [-0.2, -0.15) is 0 Å². The van der Waals surface area contributed by atoms with Gasteiger partial charge in [0.25, 0.3) is 0 Å². The Morgan fingerprint density at radius 2 is 1.89 bits per heavy atom. The summed E-state index contributed by atoms with van der Waals surface area (Å²) in [7, 11) is 0. The number of nitrogens with zero attached hydrogens (tertiary/aromatic N) is 1. The van der Waals surface area contributed by atoms with E-state index in [0.29, 0.717) is 16.7 Å². The molecular weight excluding hydrogens is 285 g/mol. The van der Waals surface area contributed by atoms with Crippen LogP contribution in [0.2, 0.25) is 10.0 Å². The van der Waals surface area contributed by atoms with Gasteiger partial charge in [0, 0.05) is 25.7 Å². The highest BCUT2D eigenvalue weighted by Gasteiger charge is 2.21. The van der Waals surface area contributed by atoms with E-state index in [9.17, 15) is 0 Å². The fraction of sp³-hybridized carbons (Fsp3) is 0.571. The maximum atomic E-state index is 5.94. The van der Waals surface area contributed by atoms with Crippen molar-refractivity contribution in [3.8, 4) is 5.75 Å². The van der Waals surface area contributed by atoms with Crippen LogP contribution in [0, 0.1) is 0 Å². The summed E-state index contributed by atoms with van der Waals surface area (Å²) in [5.41, 5.74) is 0. The Kier molecular flexibility index (Phi) is 5.34. The molecule has 0 aromatic heterocycles. The van der Waals surface area contributed by atoms with Crippen LogP contribution in [0.4, 0.5) is 0 Å². The Hall–Kier alpha value is -0.480. The van der Waals surface area contributed by atoms with Gasteiger partial charge in [0.05, 0.1) is 22.3 Å². The second-order valence-electron chi connectivity index (χ2n) is 4.94. The quantitative estimate of drug-likeness (QED) is 0.850. The normalized spacial score (nSPS) is 24.4. The van der Waals surface area contributed by atoms with Gasteiger partial charge in [-0.15, -0.1) is 0 Å². The average molecular weight is 304 g/mol. The SMILES string of the molecule is C[C@@H]1CN(CCOc2ccc(Cl)c(Cl)c2)C[C@H](C)O1. The summed E-state index contributed by atoms with van der Waals surface area (Å²) >= 11 is 11.8. The second-order valence-corrected chi connectivity index (χ2v) is 5.76. The first-order valence-electron chi connectivity index (χ1n) is 6.50. The summed E-state index contributed by atoms with van der Waals surface area (Å²) in [5.74, 6) is 0.753. The van der Waals surface area contributed by atoms with Gasteiger partial charge < -0.3 is 9.47 Å². The Bertz CT molecular complexity index is 418. The molecule has 0 radical (unpaired) electrons. The van der Waals surface area contributed by atoms with Crippen LogP contribution < -0.4 is 4.74 Å². The van der Waals surface area contributed by atoms with E-state index in [4.69, 9.17) is 32.7 Å². The van der Waals surface area contributed by atoms with Crippen LogP contribution in [-0.4, -0.2) is 43.3 Å². The minimum Gasteiger partial charge on any atom is -0.492 e. The van der Waals surface area contributed by atoms with Gasteiger partial charge >= 0.3 is 0 Å².